The Morgan fingerprint density at radius 2 is 1.72 bits per heavy atom. The van der Waals surface area contributed by atoms with Crippen molar-refractivity contribution in [3.8, 4) is 5.75 Å². The summed E-state index contributed by atoms with van der Waals surface area (Å²) in [7, 11) is 0. The molecule has 0 atom stereocenters. The Labute approximate surface area is 153 Å². The summed E-state index contributed by atoms with van der Waals surface area (Å²) < 4.78 is 18.9. The van der Waals surface area contributed by atoms with Gasteiger partial charge >= 0.3 is 0 Å². The summed E-state index contributed by atoms with van der Waals surface area (Å²) in [6.07, 6.45) is 1.04. The Kier molecular flexibility index (Phi) is 9.22. The molecule has 0 aliphatic carbocycles. The molecule has 1 aliphatic heterocycles. The summed E-state index contributed by atoms with van der Waals surface area (Å²) >= 11 is 0. The lowest BCUT2D eigenvalue weighted by atomic mass is 10.0. The summed E-state index contributed by atoms with van der Waals surface area (Å²) in [5, 5.41) is 0. The number of nitrogens with two attached hydrogens (primary N) is 1. The van der Waals surface area contributed by atoms with Crippen LogP contribution in [0, 0.1) is 11.2 Å². The molecule has 1 saturated heterocycles. The number of piperazine rings is 1. The molecule has 4 nitrogen and oxygen atoms in total. The van der Waals surface area contributed by atoms with Crippen molar-refractivity contribution in [1.29, 1.82) is 0 Å². The molecule has 1 aliphatic rings. The number of benzene rings is 1. The lowest BCUT2D eigenvalue weighted by Gasteiger charge is -2.36. The summed E-state index contributed by atoms with van der Waals surface area (Å²) in [5.74, 6) is 0.390. The Morgan fingerprint density at radius 1 is 1.12 bits per heavy atom. The van der Waals surface area contributed by atoms with Crippen LogP contribution in [0.4, 0.5) is 10.1 Å². The van der Waals surface area contributed by atoms with Crippen LogP contribution in [0.1, 0.15) is 41.0 Å². The molecular weight excluding hydrogens is 317 g/mol. The fourth-order valence-electron chi connectivity index (χ4n) is 2.55. The maximum atomic E-state index is 13.3. The van der Waals surface area contributed by atoms with Crippen LogP contribution in [-0.2, 0) is 0 Å². The zero-order valence-electron chi connectivity index (χ0n) is 16.6. The fraction of sp³-hybridized carbons (Fsp3) is 0.700. The molecule has 25 heavy (non-hydrogen) atoms. The van der Waals surface area contributed by atoms with Gasteiger partial charge in [-0.25, -0.2) is 4.39 Å². The Bertz CT molecular complexity index is 488. The first-order valence-corrected chi connectivity index (χ1v) is 9.34. The van der Waals surface area contributed by atoms with Crippen LogP contribution in [-0.4, -0.2) is 50.8 Å². The molecule has 144 valence electrons. The normalized spacial score (nSPS) is 15.6. The Balaban J connectivity index is 0.000000550. The SMILES string of the molecule is CC(C)(C)C.CCOc1cc(F)ccc1N1CCN(CCCN)CC1. The second kappa shape index (κ2) is 10.6. The minimum atomic E-state index is -0.251. The van der Waals surface area contributed by atoms with Crippen molar-refractivity contribution < 1.29 is 9.13 Å². The highest BCUT2D eigenvalue weighted by molar-refractivity contribution is 5.59. The van der Waals surface area contributed by atoms with Crippen molar-refractivity contribution in [1.82, 2.24) is 4.90 Å². The van der Waals surface area contributed by atoms with E-state index < -0.39 is 0 Å². The topological polar surface area (TPSA) is 41.7 Å². The molecule has 0 aromatic heterocycles. The number of ether oxygens (including phenoxy) is 1. The lowest BCUT2D eigenvalue weighted by molar-refractivity contribution is 0.255. The molecule has 0 unspecified atom stereocenters. The van der Waals surface area contributed by atoms with Crippen molar-refractivity contribution >= 4 is 5.69 Å². The van der Waals surface area contributed by atoms with Gasteiger partial charge in [-0.15, -0.1) is 0 Å². The third-order valence-electron chi connectivity index (χ3n) is 3.61. The first kappa shape index (κ1) is 21.7. The van der Waals surface area contributed by atoms with Crippen molar-refractivity contribution in [2.24, 2.45) is 11.1 Å². The van der Waals surface area contributed by atoms with Gasteiger partial charge in [0.25, 0.3) is 0 Å². The van der Waals surface area contributed by atoms with E-state index in [4.69, 9.17) is 10.5 Å². The van der Waals surface area contributed by atoms with Gasteiger partial charge in [0.15, 0.2) is 0 Å². The van der Waals surface area contributed by atoms with Gasteiger partial charge in [0.1, 0.15) is 11.6 Å². The van der Waals surface area contributed by atoms with Gasteiger partial charge in [-0.2, -0.15) is 0 Å². The van der Waals surface area contributed by atoms with Gasteiger partial charge in [0, 0.05) is 32.2 Å². The number of nitrogens with zero attached hydrogens (tertiary/aromatic N) is 2. The number of hydrogen-bond donors (Lipinski definition) is 1. The van der Waals surface area contributed by atoms with Gasteiger partial charge in [-0.3, -0.25) is 4.90 Å². The van der Waals surface area contributed by atoms with Crippen LogP contribution in [0.2, 0.25) is 0 Å². The minimum absolute atomic E-state index is 0.251. The second-order valence-electron chi connectivity index (χ2n) is 8.02. The van der Waals surface area contributed by atoms with Crippen LogP contribution in [0.25, 0.3) is 0 Å². The average molecular weight is 354 g/mol. The van der Waals surface area contributed by atoms with E-state index in [9.17, 15) is 4.39 Å². The molecule has 1 heterocycles. The van der Waals surface area contributed by atoms with E-state index in [2.05, 4.69) is 37.5 Å². The highest BCUT2D eigenvalue weighted by Gasteiger charge is 2.19. The van der Waals surface area contributed by atoms with Crippen molar-refractivity contribution in [2.75, 3.05) is 50.8 Å². The molecule has 0 spiro atoms. The number of rotatable bonds is 6. The van der Waals surface area contributed by atoms with Crippen molar-refractivity contribution in [3.05, 3.63) is 24.0 Å². The van der Waals surface area contributed by atoms with E-state index >= 15 is 0 Å². The zero-order chi connectivity index (χ0) is 18.9. The first-order valence-electron chi connectivity index (χ1n) is 9.34. The summed E-state index contributed by atoms with van der Waals surface area (Å²) in [6.45, 7) is 16.9. The minimum Gasteiger partial charge on any atom is -0.492 e. The largest absolute Gasteiger partial charge is 0.492 e. The first-order chi connectivity index (χ1) is 11.7. The summed E-state index contributed by atoms with van der Waals surface area (Å²) in [6, 6.07) is 4.79. The van der Waals surface area contributed by atoms with E-state index in [1.165, 1.54) is 12.1 Å². The van der Waals surface area contributed by atoms with E-state index in [0.717, 1.165) is 51.4 Å². The highest BCUT2D eigenvalue weighted by atomic mass is 19.1. The highest BCUT2D eigenvalue weighted by Crippen LogP contribution is 2.30. The van der Waals surface area contributed by atoms with Gasteiger partial charge < -0.3 is 15.4 Å². The van der Waals surface area contributed by atoms with Gasteiger partial charge in [0.2, 0.25) is 0 Å². The van der Waals surface area contributed by atoms with E-state index in [-0.39, 0.29) is 5.82 Å². The summed E-state index contributed by atoms with van der Waals surface area (Å²) in [4.78, 5) is 4.69. The third kappa shape index (κ3) is 9.07. The zero-order valence-corrected chi connectivity index (χ0v) is 16.6. The molecule has 0 amide bonds. The van der Waals surface area contributed by atoms with E-state index in [1.54, 1.807) is 0 Å². The molecule has 1 aromatic rings. The lowest BCUT2D eigenvalue weighted by Crippen LogP contribution is -2.47. The molecule has 1 fully saturated rings. The van der Waals surface area contributed by atoms with Crippen molar-refractivity contribution in [2.45, 2.75) is 41.0 Å². The van der Waals surface area contributed by atoms with Crippen molar-refractivity contribution in [3.63, 3.8) is 0 Å². The monoisotopic (exact) mass is 353 g/mol. The van der Waals surface area contributed by atoms with Crippen LogP contribution in [0.3, 0.4) is 0 Å². The van der Waals surface area contributed by atoms with E-state index in [0.29, 0.717) is 17.8 Å². The van der Waals surface area contributed by atoms with Gasteiger partial charge in [0.05, 0.1) is 12.3 Å². The number of hydrogen-bond acceptors (Lipinski definition) is 4. The van der Waals surface area contributed by atoms with Crippen LogP contribution >= 0.6 is 0 Å². The van der Waals surface area contributed by atoms with Gasteiger partial charge in [-0.05, 0) is 44.0 Å². The average Bonchev–Trinajstić information content (AvgIpc) is 2.53. The standard InChI is InChI=1S/C15H24FN3O.C5H12/c1-2-20-15-12-13(16)4-5-14(15)19-10-8-18(9-11-19)7-3-6-17;1-5(2,3)4/h4-5,12H,2-3,6-11,17H2,1H3;1-4H3. The predicted molar refractivity (Wildman–Crippen MR) is 105 cm³/mol. The van der Waals surface area contributed by atoms with Crippen LogP contribution in [0.15, 0.2) is 18.2 Å². The molecule has 2 rings (SSSR count). The third-order valence-corrected chi connectivity index (χ3v) is 3.61. The number of halogens is 1. The summed E-state index contributed by atoms with van der Waals surface area (Å²) in [5.41, 5.74) is 7.03. The number of anilines is 1. The maximum Gasteiger partial charge on any atom is 0.145 e. The predicted octanol–water partition coefficient (Wildman–Crippen LogP) is 3.75. The molecule has 1 aromatic carbocycles. The van der Waals surface area contributed by atoms with Crippen LogP contribution in [0.5, 0.6) is 5.75 Å². The molecule has 0 saturated carbocycles. The Morgan fingerprint density at radius 3 is 2.24 bits per heavy atom. The molecule has 0 radical (unpaired) electrons. The van der Waals surface area contributed by atoms with Gasteiger partial charge in [-0.1, -0.05) is 27.7 Å². The molecular formula is C20H36FN3O. The van der Waals surface area contributed by atoms with E-state index in [1.807, 2.05) is 13.0 Å². The second-order valence-corrected chi connectivity index (χ2v) is 8.02. The molecule has 0 bridgehead atoms. The fourth-order valence-corrected chi connectivity index (χ4v) is 2.55. The maximum absolute atomic E-state index is 13.3. The van der Waals surface area contributed by atoms with Crippen LogP contribution < -0.4 is 15.4 Å². The quantitative estimate of drug-likeness (QED) is 0.846. The molecule has 2 N–H and O–H groups in total. The smallest absolute Gasteiger partial charge is 0.145 e. The molecule has 5 heteroatoms. The Hall–Kier alpha value is -1.33.